The second-order valence-electron chi connectivity index (χ2n) is 7.32. The van der Waals surface area contributed by atoms with Crippen molar-refractivity contribution in [1.82, 2.24) is 15.2 Å². The molecular formula is C23H20N4O2S2. The molecule has 0 spiro atoms. The Morgan fingerprint density at radius 2 is 1.97 bits per heavy atom. The van der Waals surface area contributed by atoms with E-state index in [9.17, 15) is 9.59 Å². The van der Waals surface area contributed by atoms with Gasteiger partial charge < -0.3 is 10.2 Å². The second-order valence-corrected chi connectivity index (χ2v) is 9.19. The van der Waals surface area contributed by atoms with Crippen molar-refractivity contribution in [2.45, 2.75) is 19.5 Å². The zero-order chi connectivity index (χ0) is 21.2. The molecule has 0 atom stereocenters. The fourth-order valence-electron chi connectivity index (χ4n) is 3.71. The molecule has 0 unspecified atom stereocenters. The molecule has 156 valence electrons. The largest absolute Gasteiger partial charge is 0.334 e. The van der Waals surface area contributed by atoms with Crippen LogP contribution in [0.3, 0.4) is 0 Å². The first-order valence-electron chi connectivity index (χ1n) is 9.99. The van der Waals surface area contributed by atoms with Crippen LogP contribution in [0.2, 0.25) is 0 Å². The maximum absolute atomic E-state index is 12.8. The zero-order valence-corrected chi connectivity index (χ0v) is 18.3. The van der Waals surface area contributed by atoms with Gasteiger partial charge in [-0.1, -0.05) is 53.8 Å². The lowest BCUT2D eigenvalue weighted by molar-refractivity contribution is 0.102. The first-order valence-corrected chi connectivity index (χ1v) is 11.7. The first-order chi connectivity index (χ1) is 15.2. The number of nitrogens with one attached hydrogen (secondary N) is 2. The van der Waals surface area contributed by atoms with Crippen LogP contribution in [0.15, 0.2) is 59.3 Å². The van der Waals surface area contributed by atoms with Crippen molar-refractivity contribution in [2.75, 3.05) is 11.9 Å². The molecule has 2 aromatic carbocycles. The number of anilines is 1. The standard InChI is InChI=1S/C23H20N4O2S2/c28-21(17-9-11-30-14-17)26-22-25-19-8-10-27(13-20(19)31-22)23(29)24-12-16-6-3-5-15-4-1-2-7-18(15)16/h1-7,9,11,14H,8,10,12-13H2,(H,24,29)(H,25,26,28). The van der Waals surface area contributed by atoms with E-state index in [0.29, 0.717) is 36.8 Å². The Balaban J connectivity index is 1.22. The van der Waals surface area contributed by atoms with Gasteiger partial charge >= 0.3 is 6.03 Å². The van der Waals surface area contributed by atoms with Crippen molar-refractivity contribution in [2.24, 2.45) is 0 Å². The van der Waals surface area contributed by atoms with Gasteiger partial charge in [0.2, 0.25) is 0 Å². The summed E-state index contributed by atoms with van der Waals surface area (Å²) in [6.45, 7) is 1.59. The van der Waals surface area contributed by atoms with Crippen LogP contribution in [-0.4, -0.2) is 28.4 Å². The molecule has 3 amide bonds. The van der Waals surface area contributed by atoms with Crippen molar-refractivity contribution in [1.29, 1.82) is 0 Å². The highest BCUT2D eigenvalue weighted by atomic mass is 32.1. The first kappa shape index (κ1) is 19.7. The lowest BCUT2D eigenvalue weighted by atomic mass is 10.0. The summed E-state index contributed by atoms with van der Waals surface area (Å²) in [5, 5.41) is 12.5. The highest BCUT2D eigenvalue weighted by Gasteiger charge is 2.24. The normalized spacial score (nSPS) is 13.1. The van der Waals surface area contributed by atoms with E-state index in [1.54, 1.807) is 11.0 Å². The number of amides is 3. The molecule has 8 heteroatoms. The van der Waals surface area contributed by atoms with E-state index in [1.165, 1.54) is 28.1 Å². The van der Waals surface area contributed by atoms with Gasteiger partial charge in [0, 0.05) is 29.8 Å². The number of fused-ring (bicyclic) bond motifs is 2. The van der Waals surface area contributed by atoms with Crippen LogP contribution in [0, 0.1) is 0 Å². The van der Waals surface area contributed by atoms with E-state index < -0.39 is 0 Å². The fraction of sp³-hybridized carbons (Fsp3) is 0.174. The van der Waals surface area contributed by atoms with Crippen molar-refractivity contribution in [3.8, 4) is 0 Å². The van der Waals surface area contributed by atoms with Crippen LogP contribution >= 0.6 is 22.7 Å². The molecule has 0 radical (unpaired) electrons. The summed E-state index contributed by atoms with van der Waals surface area (Å²) < 4.78 is 0. The minimum absolute atomic E-state index is 0.0872. The van der Waals surface area contributed by atoms with Crippen LogP contribution < -0.4 is 10.6 Å². The zero-order valence-electron chi connectivity index (χ0n) is 16.6. The number of carbonyl (C=O) groups is 2. The molecule has 6 nitrogen and oxygen atoms in total. The molecule has 31 heavy (non-hydrogen) atoms. The van der Waals surface area contributed by atoms with Gasteiger partial charge in [0.25, 0.3) is 5.91 Å². The van der Waals surface area contributed by atoms with Gasteiger partial charge in [-0.3, -0.25) is 10.1 Å². The van der Waals surface area contributed by atoms with Crippen LogP contribution in [0.4, 0.5) is 9.93 Å². The summed E-state index contributed by atoms with van der Waals surface area (Å²) in [4.78, 5) is 32.4. The number of aromatic nitrogens is 1. The van der Waals surface area contributed by atoms with Crippen LogP contribution in [-0.2, 0) is 19.5 Å². The van der Waals surface area contributed by atoms with Crippen LogP contribution in [0.5, 0.6) is 0 Å². The van der Waals surface area contributed by atoms with E-state index in [1.807, 2.05) is 35.0 Å². The summed E-state index contributed by atoms with van der Waals surface area (Å²) in [6, 6.07) is 16.0. The minimum atomic E-state index is -0.156. The number of hydrogen-bond acceptors (Lipinski definition) is 5. The lowest BCUT2D eigenvalue weighted by Gasteiger charge is -2.26. The SMILES string of the molecule is O=C(Nc1nc2c(s1)CN(C(=O)NCc1cccc3ccccc13)CC2)c1ccsc1. The Morgan fingerprint density at radius 3 is 2.84 bits per heavy atom. The Kier molecular flexibility index (Phi) is 5.40. The second kappa shape index (κ2) is 8.49. The van der Waals surface area contributed by atoms with E-state index in [2.05, 4.69) is 33.8 Å². The highest BCUT2D eigenvalue weighted by molar-refractivity contribution is 7.16. The van der Waals surface area contributed by atoms with Crippen molar-refractivity contribution >= 4 is 50.5 Å². The molecule has 0 saturated carbocycles. The summed E-state index contributed by atoms with van der Waals surface area (Å²) in [5.74, 6) is -0.156. The van der Waals surface area contributed by atoms with Gasteiger partial charge in [-0.05, 0) is 27.8 Å². The van der Waals surface area contributed by atoms with E-state index in [-0.39, 0.29) is 11.9 Å². The molecule has 3 heterocycles. The molecule has 0 bridgehead atoms. The van der Waals surface area contributed by atoms with Gasteiger partial charge in [-0.25, -0.2) is 9.78 Å². The molecule has 2 N–H and O–H groups in total. The fourth-order valence-corrected chi connectivity index (χ4v) is 5.37. The maximum atomic E-state index is 12.8. The summed E-state index contributed by atoms with van der Waals surface area (Å²) in [5.41, 5.74) is 2.69. The molecular weight excluding hydrogens is 428 g/mol. The van der Waals surface area contributed by atoms with Crippen molar-refractivity contribution in [3.05, 3.63) is 81.0 Å². The predicted molar refractivity (Wildman–Crippen MR) is 125 cm³/mol. The molecule has 4 aromatic rings. The van der Waals surface area contributed by atoms with Crippen molar-refractivity contribution in [3.63, 3.8) is 0 Å². The number of thiophene rings is 1. The number of benzene rings is 2. The quantitative estimate of drug-likeness (QED) is 0.467. The van der Waals surface area contributed by atoms with Gasteiger partial charge in [0.1, 0.15) is 0 Å². The number of thiazole rings is 1. The van der Waals surface area contributed by atoms with E-state index >= 15 is 0 Å². The predicted octanol–water partition coefficient (Wildman–Crippen LogP) is 4.88. The van der Waals surface area contributed by atoms with Crippen molar-refractivity contribution < 1.29 is 9.59 Å². The summed E-state index contributed by atoms with van der Waals surface area (Å²) in [6.07, 6.45) is 0.682. The molecule has 2 aromatic heterocycles. The Morgan fingerprint density at radius 1 is 1.10 bits per heavy atom. The Labute approximate surface area is 187 Å². The van der Waals surface area contributed by atoms with Gasteiger partial charge in [0.05, 0.1) is 17.8 Å². The molecule has 5 rings (SSSR count). The molecule has 1 aliphatic rings. The minimum Gasteiger partial charge on any atom is -0.334 e. The molecule has 0 saturated heterocycles. The lowest BCUT2D eigenvalue weighted by Crippen LogP contribution is -2.42. The smallest absolute Gasteiger partial charge is 0.318 e. The average molecular weight is 449 g/mol. The third-order valence-electron chi connectivity index (χ3n) is 5.33. The Hall–Kier alpha value is -3.23. The molecule has 0 fully saturated rings. The summed E-state index contributed by atoms with van der Waals surface area (Å²) >= 11 is 2.92. The number of carbonyl (C=O) groups excluding carboxylic acids is 2. The molecule has 0 aliphatic carbocycles. The monoisotopic (exact) mass is 448 g/mol. The molecule has 1 aliphatic heterocycles. The van der Waals surface area contributed by atoms with Gasteiger partial charge in [-0.2, -0.15) is 11.3 Å². The highest BCUT2D eigenvalue weighted by Crippen LogP contribution is 2.29. The van der Waals surface area contributed by atoms with E-state index in [0.717, 1.165) is 21.5 Å². The third kappa shape index (κ3) is 4.17. The van der Waals surface area contributed by atoms with Crippen LogP contribution in [0.25, 0.3) is 10.8 Å². The number of rotatable bonds is 4. The number of nitrogens with zero attached hydrogens (tertiary/aromatic N) is 2. The summed E-state index contributed by atoms with van der Waals surface area (Å²) in [7, 11) is 0. The average Bonchev–Trinajstić information content (AvgIpc) is 3.46. The van der Waals surface area contributed by atoms with Gasteiger partial charge in [-0.15, -0.1) is 0 Å². The maximum Gasteiger partial charge on any atom is 0.318 e. The topological polar surface area (TPSA) is 74.3 Å². The van der Waals surface area contributed by atoms with E-state index in [4.69, 9.17) is 0 Å². The number of hydrogen-bond donors (Lipinski definition) is 2. The van der Waals surface area contributed by atoms with Gasteiger partial charge in [0.15, 0.2) is 5.13 Å². The van der Waals surface area contributed by atoms with Crippen LogP contribution in [0.1, 0.15) is 26.5 Å². The third-order valence-corrected chi connectivity index (χ3v) is 7.01. The number of urea groups is 1. The Bertz CT molecular complexity index is 1240.